The Morgan fingerprint density at radius 1 is 1.03 bits per heavy atom. The second kappa shape index (κ2) is 18.3. The third-order valence-corrected chi connectivity index (χ3v) is 7.98. The average molecular weight is 544 g/mol. The number of methoxy groups -OCH3 is 1. The molecule has 0 bridgehead atoms. The SMILES string of the molecule is C1CCNCC1.CCC(=O)NCC1(CCCCOC)c2ccccc2Oc2ccccc21.CCN(C)SC. The molecule has 2 heterocycles. The van der Waals surface area contributed by atoms with Crippen LogP contribution in [0.5, 0.6) is 11.5 Å². The molecule has 212 valence electrons. The highest BCUT2D eigenvalue weighted by Gasteiger charge is 2.41. The van der Waals surface area contributed by atoms with Crippen molar-refractivity contribution in [3.63, 3.8) is 0 Å². The van der Waals surface area contributed by atoms with Crippen LogP contribution < -0.4 is 15.4 Å². The molecule has 2 aliphatic heterocycles. The Morgan fingerprint density at radius 2 is 1.63 bits per heavy atom. The lowest BCUT2D eigenvalue weighted by Gasteiger charge is -2.40. The van der Waals surface area contributed by atoms with Crippen LogP contribution in [0.3, 0.4) is 0 Å². The number of unbranched alkanes of at least 4 members (excludes halogenated alkanes) is 1. The molecule has 4 rings (SSSR count). The minimum absolute atomic E-state index is 0.0720. The van der Waals surface area contributed by atoms with Gasteiger partial charge in [0.05, 0.1) is 0 Å². The number of ether oxygens (including phenoxy) is 2. The van der Waals surface area contributed by atoms with E-state index in [0.29, 0.717) is 13.0 Å². The lowest BCUT2D eigenvalue weighted by molar-refractivity contribution is -0.121. The number of fused-ring (bicyclic) bond motifs is 2. The molecule has 1 fully saturated rings. The molecule has 2 aliphatic rings. The second-order valence-electron chi connectivity index (χ2n) is 9.69. The van der Waals surface area contributed by atoms with Crippen molar-refractivity contribution in [2.24, 2.45) is 0 Å². The van der Waals surface area contributed by atoms with Crippen molar-refractivity contribution < 1.29 is 14.3 Å². The number of nitrogens with zero attached hydrogens (tertiary/aromatic N) is 1. The van der Waals surface area contributed by atoms with E-state index in [2.05, 4.69) is 47.3 Å². The van der Waals surface area contributed by atoms with Crippen molar-refractivity contribution in [3.05, 3.63) is 59.7 Å². The highest BCUT2D eigenvalue weighted by atomic mass is 32.2. The lowest BCUT2D eigenvalue weighted by Crippen LogP contribution is -2.43. The summed E-state index contributed by atoms with van der Waals surface area (Å²) < 4.78 is 13.5. The van der Waals surface area contributed by atoms with Gasteiger partial charge in [0.1, 0.15) is 11.5 Å². The van der Waals surface area contributed by atoms with Crippen molar-refractivity contribution in [1.29, 1.82) is 0 Å². The summed E-state index contributed by atoms with van der Waals surface area (Å²) in [5.41, 5.74) is 2.00. The number of piperidine rings is 1. The van der Waals surface area contributed by atoms with Gasteiger partial charge in [-0.3, -0.25) is 9.10 Å². The van der Waals surface area contributed by atoms with Gasteiger partial charge in [-0.15, -0.1) is 0 Å². The van der Waals surface area contributed by atoms with Crippen molar-refractivity contribution in [1.82, 2.24) is 14.9 Å². The van der Waals surface area contributed by atoms with Crippen LogP contribution in [0, 0.1) is 0 Å². The normalized spacial score (nSPS) is 15.0. The first-order valence-corrected chi connectivity index (χ1v) is 15.3. The molecule has 0 radical (unpaired) electrons. The van der Waals surface area contributed by atoms with Gasteiger partial charge in [-0.2, -0.15) is 0 Å². The summed E-state index contributed by atoms with van der Waals surface area (Å²) in [6, 6.07) is 16.3. The van der Waals surface area contributed by atoms with Gasteiger partial charge in [0.2, 0.25) is 5.91 Å². The number of benzene rings is 2. The first kappa shape index (κ1) is 32.2. The summed E-state index contributed by atoms with van der Waals surface area (Å²) in [5, 5.41) is 6.42. The maximum atomic E-state index is 12.0. The van der Waals surface area contributed by atoms with Crippen molar-refractivity contribution in [2.45, 2.75) is 64.2 Å². The molecule has 1 saturated heterocycles. The molecule has 1 amide bonds. The predicted octanol–water partition coefficient (Wildman–Crippen LogP) is 6.40. The molecule has 0 aliphatic carbocycles. The van der Waals surface area contributed by atoms with Crippen LogP contribution >= 0.6 is 11.9 Å². The van der Waals surface area contributed by atoms with Gasteiger partial charge in [0.15, 0.2) is 0 Å². The van der Waals surface area contributed by atoms with E-state index in [0.717, 1.165) is 55.0 Å². The fraction of sp³-hybridized carbons (Fsp3) is 0.581. The van der Waals surface area contributed by atoms with E-state index in [1.165, 1.54) is 32.4 Å². The molecule has 0 atom stereocenters. The number of carbonyl (C=O) groups is 1. The van der Waals surface area contributed by atoms with Crippen molar-refractivity contribution >= 4 is 17.9 Å². The van der Waals surface area contributed by atoms with E-state index < -0.39 is 0 Å². The Kier molecular flexibility index (Phi) is 15.5. The highest BCUT2D eigenvalue weighted by Crippen LogP contribution is 2.50. The molecule has 6 nitrogen and oxygen atoms in total. The molecule has 2 aromatic rings. The number of hydrogen-bond donors (Lipinski definition) is 2. The average Bonchev–Trinajstić information content (AvgIpc) is 2.99. The summed E-state index contributed by atoms with van der Waals surface area (Å²) in [5.74, 6) is 1.83. The molecule has 7 heteroatoms. The van der Waals surface area contributed by atoms with E-state index in [4.69, 9.17) is 9.47 Å². The zero-order chi connectivity index (χ0) is 27.6. The summed E-state index contributed by atoms with van der Waals surface area (Å²) in [6.45, 7) is 8.96. The minimum atomic E-state index is -0.288. The fourth-order valence-corrected chi connectivity index (χ4v) is 4.95. The third kappa shape index (κ3) is 9.92. The van der Waals surface area contributed by atoms with Gasteiger partial charge in [0, 0.05) is 49.8 Å². The number of rotatable bonds is 10. The van der Waals surface area contributed by atoms with Gasteiger partial charge >= 0.3 is 0 Å². The monoisotopic (exact) mass is 543 g/mol. The highest BCUT2D eigenvalue weighted by molar-refractivity contribution is 7.96. The first-order chi connectivity index (χ1) is 18.5. The van der Waals surface area contributed by atoms with Crippen LogP contribution in [0.25, 0.3) is 0 Å². The standard InChI is InChI=1S/C22H27NO3.C5H11N.C4H11NS/c1-3-21(24)23-16-22(14-8-9-15-25-2)17-10-4-6-12-19(17)26-20-13-7-5-11-18(20)22;1-2-4-6-5-3-1;1-4-5(2)6-3/h4-7,10-13H,3,8-9,14-16H2,1-2H3,(H,23,24);6H,1-5H2;4H2,1-3H3. The third-order valence-electron chi connectivity index (χ3n) is 7.10. The number of nitrogens with one attached hydrogen (secondary N) is 2. The second-order valence-corrected chi connectivity index (χ2v) is 10.7. The molecular formula is C31H49N3O3S. The summed E-state index contributed by atoms with van der Waals surface area (Å²) in [6.07, 6.45) is 9.71. The zero-order valence-corrected chi connectivity index (χ0v) is 25.0. The van der Waals surface area contributed by atoms with Crippen LogP contribution in [-0.2, 0) is 14.9 Å². The Bertz CT molecular complexity index is 875. The maximum Gasteiger partial charge on any atom is 0.219 e. The van der Waals surface area contributed by atoms with Crippen LogP contribution in [0.15, 0.2) is 48.5 Å². The van der Waals surface area contributed by atoms with E-state index in [9.17, 15) is 4.79 Å². The van der Waals surface area contributed by atoms with Crippen LogP contribution in [-0.4, -0.2) is 63.4 Å². The van der Waals surface area contributed by atoms with E-state index >= 15 is 0 Å². The van der Waals surface area contributed by atoms with Crippen LogP contribution in [0.1, 0.15) is 69.9 Å². The molecule has 2 N–H and O–H groups in total. The Balaban J connectivity index is 0.000000348. The Morgan fingerprint density at radius 3 is 2.05 bits per heavy atom. The molecule has 2 aromatic carbocycles. The maximum absolute atomic E-state index is 12.0. The van der Waals surface area contributed by atoms with Crippen molar-refractivity contribution in [2.75, 3.05) is 53.2 Å². The van der Waals surface area contributed by atoms with Crippen LogP contribution in [0.4, 0.5) is 0 Å². The molecule has 0 saturated carbocycles. The first-order valence-electron chi connectivity index (χ1n) is 14.1. The topological polar surface area (TPSA) is 62.8 Å². The predicted molar refractivity (Wildman–Crippen MR) is 161 cm³/mol. The molecule has 38 heavy (non-hydrogen) atoms. The Labute approximate surface area is 235 Å². The molecule has 0 aromatic heterocycles. The zero-order valence-electron chi connectivity index (χ0n) is 24.2. The van der Waals surface area contributed by atoms with E-state index in [-0.39, 0.29) is 11.3 Å². The molecule has 0 spiro atoms. The van der Waals surface area contributed by atoms with E-state index in [1.807, 2.05) is 43.3 Å². The van der Waals surface area contributed by atoms with Crippen LogP contribution in [0.2, 0.25) is 0 Å². The lowest BCUT2D eigenvalue weighted by atomic mass is 9.69. The largest absolute Gasteiger partial charge is 0.457 e. The van der Waals surface area contributed by atoms with Gasteiger partial charge in [-0.05, 0) is 70.6 Å². The van der Waals surface area contributed by atoms with Crippen molar-refractivity contribution in [3.8, 4) is 11.5 Å². The number of amides is 1. The summed E-state index contributed by atoms with van der Waals surface area (Å²) in [7, 11) is 3.81. The van der Waals surface area contributed by atoms with E-state index in [1.54, 1.807) is 19.1 Å². The molecule has 0 unspecified atom stereocenters. The number of hydrogen-bond acceptors (Lipinski definition) is 6. The minimum Gasteiger partial charge on any atom is -0.457 e. The van der Waals surface area contributed by atoms with Gasteiger partial charge < -0.3 is 20.1 Å². The number of carbonyl (C=O) groups excluding carboxylic acids is 1. The quantitative estimate of drug-likeness (QED) is 0.267. The fourth-order valence-electron chi connectivity index (χ4n) is 4.69. The smallest absolute Gasteiger partial charge is 0.219 e. The number of para-hydroxylation sites is 2. The van der Waals surface area contributed by atoms with Gasteiger partial charge in [0.25, 0.3) is 0 Å². The van der Waals surface area contributed by atoms with Gasteiger partial charge in [-0.1, -0.05) is 68.6 Å². The molecular weight excluding hydrogens is 494 g/mol. The Hall–Kier alpha value is -2.06. The van der Waals surface area contributed by atoms with Gasteiger partial charge in [-0.25, -0.2) is 0 Å². The summed E-state index contributed by atoms with van der Waals surface area (Å²) in [4.78, 5) is 12.0. The summed E-state index contributed by atoms with van der Waals surface area (Å²) >= 11 is 1.76.